The molecule has 0 rings (SSSR count). The van der Waals surface area contributed by atoms with Gasteiger partial charge in [-0.05, 0) is 0 Å². The first-order valence-corrected chi connectivity index (χ1v) is 4.44. The van der Waals surface area contributed by atoms with Gasteiger partial charge in [0.15, 0.2) is 0 Å². The van der Waals surface area contributed by atoms with E-state index in [1.807, 2.05) is 0 Å². The van der Waals surface area contributed by atoms with Crippen molar-refractivity contribution in [3.8, 4) is 0 Å². The number of hydrogen-bond donors (Lipinski definition) is 1. The maximum Gasteiger partial charge on any atom is 0.527 e. The van der Waals surface area contributed by atoms with Crippen LogP contribution in [0.4, 0.5) is 0 Å². The molecule has 0 aromatic rings. The zero-order chi connectivity index (χ0) is 7.33. The maximum atomic E-state index is 8.66. The van der Waals surface area contributed by atoms with Crippen LogP contribution in [-0.4, -0.2) is 41.5 Å². The van der Waals surface area contributed by atoms with Crippen LogP contribution in [0.1, 0.15) is 14.9 Å². The summed E-state index contributed by atoms with van der Waals surface area (Å²) in [6.07, 6.45) is -0.184. The normalized spacial score (nSPS) is 9.82. The third kappa shape index (κ3) is 4.49. The Morgan fingerprint density at radius 1 is 1.00 bits per heavy atom. The number of aliphatic hydroxyl groups is 1. The monoisotopic (exact) mass is 184 g/mol. The van der Waals surface area contributed by atoms with Gasteiger partial charge in [-0.2, -0.15) is 0 Å². The summed E-state index contributed by atoms with van der Waals surface area (Å²) in [5.41, 5.74) is 0. The van der Waals surface area contributed by atoms with E-state index in [1.165, 1.54) is 21.3 Å². The van der Waals surface area contributed by atoms with Crippen LogP contribution in [0.15, 0.2) is 0 Å². The van der Waals surface area contributed by atoms with Gasteiger partial charge in [-0.25, -0.2) is 0 Å². The van der Waals surface area contributed by atoms with E-state index >= 15 is 0 Å². The summed E-state index contributed by atoms with van der Waals surface area (Å²) >= 11 is 0. The van der Waals surface area contributed by atoms with Gasteiger partial charge in [-0.1, -0.05) is 14.9 Å². The van der Waals surface area contributed by atoms with Crippen LogP contribution >= 0.6 is 0 Å². The van der Waals surface area contributed by atoms with Gasteiger partial charge in [-0.3, -0.25) is 0 Å². The summed E-state index contributed by atoms with van der Waals surface area (Å²) in [7, 11) is 1.73. The van der Waals surface area contributed by atoms with Crippen LogP contribution in [0.2, 0.25) is 0 Å². The summed E-state index contributed by atoms with van der Waals surface area (Å²) in [6, 6.07) is 0. The van der Waals surface area contributed by atoms with Gasteiger partial charge in [-0.15, -0.1) is 0 Å². The van der Waals surface area contributed by atoms with Crippen LogP contribution in [0.5, 0.6) is 0 Å². The van der Waals surface area contributed by atoms with E-state index in [2.05, 4.69) is 0 Å². The van der Waals surface area contributed by atoms with E-state index in [1.54, 1.807) is 0 Å². The minimum Gasteiger partial charge on any atom is -0.392 e. The Morgan fingerprint density at radius 2 is 1.27 bits per heavy atom. The van der Waals surface area contributed by atoms with Gasteiger partial charge < -0.3 is 18.4 Å². The number of aliphatic hydroxyl groups excluding tert-OH is 1. The first-order chi connectivity index (χ1) is 4.24. The minimum absolute atomic E-state index is 0. The minimum atomic E-state index is -2.64. The molecule has 0 unspecified atom stereocenters. The lowest BCUT2D eigenvalue weighted by atomic mass is 11.7. The Morgan fingerprint density at radius 3 is 1.27 bits per heavy atom. The van der Waals surface area contributed by atoms with Crippen molar-refractivity contribution in [2.24, 2.45) is 0 Å². The van der Waals surface area contributed by atoms with E-state index in [0.29, 0.717) is 0 Å². The van der Waals surface area contributed by atoms with Crippen molar-refractivity contribution in [2.75, 3.05) is 27.6 Å². The van der Waals surface area contributed by atoms with Crippen LogP contribution in [0.25, 0.3) is 0 Å². The largest absolute Gasteiger partial charge is 0.527 e. The molecule has 0 bridgehead atoms. The van der Waals surface area contributed by atoms with E-state index in [9.17, 15) is 0 Å². The molecule has 0 heterocycles. The van der Waals surface area contributed by atoms with Gasteiger partial charge >= 0.3 is 8.80 Å². The zero-order valence-corrected chi connectivity index (χ0v) is 6.88. The Hall–Kier alpha value is 0.0569. The SMILES string of the molecule is C.C.CO[Si](CO)(OC)OC. The lowest BCUT2D eigenvalue weighted by Crippen LogP contribution is -2.47. The summed E-state index contributed by atoms with van der Waals surface area (Å²) < 4.78 is 14.5. The number of hydrogen-bond acceptors (Lipinski definition) is 4. The summed E-state index contributed by atoms with van der Waals surface area (Å²) in [6.45, 7) is 0. The molecule has 0 atom stereocenters. The molecule has 11 heavy (non-hydrogen) atoms. The Kier molecular flexibility index (Phi) is 12.8. The van der Waals surface area contributed by atoms with Crippen LogP contribution in [0.3, 0.4) is 0 Å². The first kappa shape index (κ1) is 17.2. The van der Waals surface area contributed by atoms with Crippen molar-refractivity contribution in [1.29, 1.82) is 0 Å². The highest BCUT2D eigenvalue weighted by atomic mass is 28.4. The van der Waals surface area contributed by atoms with Gasteiger partial charge in [0, 0.05) is 21.3 Å². The topological polar surface area (TPSA) is 47.9 Å². The molecule has 72 valence electrons. The van der Waals surface area contributed by atoms with Gasteiger partial charge in [0.1, 0.15) is 6.23 Å². The molecule has 5 heteroatoms. The smallest absolute Gasteiger partial charge is 0.392 e. The molecule has 1 N–H and O–H groups in total. The molecular formula is C6H20O4Si. The molecule has 0 radical (unpaired) electrons. The van der Waals surface area contributed by atoms with E-state index in [4.69, 9.17) is 18.4 Å². The lowest BCUT2D eigenvalue weighted by molar-refractivity contribution is 0.0953. The predicted molar refractivity (Wildman–Crippen MR) is 47.3 cm³/mol. The van der Waals surface area contributed by atoms with E-state index in [-0.39, 0.29) is 21.1 Å². The molecule has 0 amide bonds. The molecular weight excluding hydrogens is 164 g/mol. The summed E-state index contributed by atoms with van der Waals surface area (Å²) in [4.78, 5) is 0. The van der Waals surface area contributed by atoms with Crippen molar-refractivity contribution < 1.29 is 18.4 Å². The predicted octanol–water partition coefficient (Wildman–Crippen LogP) is 0.668. The van der Waals surface area contributed by atoms with Crippen LogP contribution in [-0.2, 0) is 13.3 Å². The summed E-state index contributed by atoms with van der Waals surface area (Å²) in [5, 5.41) is 8.66. The second-order valence-electron chi connectivity index (χ2n) is 1.45. The zero-order valence-electron chi connectivity index (χ0n) is 5.88. The highest BCUT2D eigenvalue weighted by molar-refractivity contribution is 6.60. The average Bonchev–Trinajstić information content (AvgIpc) is 1.95. The van der Waals surface area contributed by atoms with E-state index < -0.39 is 8.80 Å². The number of rotatable bonds is 4. The maximum absolute atomic E-state index is 8.66. The average molecular weight is 184 g/mol. The molecule has 0 fully saturated rings. The standard InChI is InChI=1S/C4H12O4Si.2CH4/c1-6-9(4-5,7-2)8-3;;/h5H,4H2,1-3H3;2*1H4. The molecule has 0 aliphatic carbocycles. The summed E-state index contributed by atoms with van der Waals surface area (Å²) in [5.74, 6) is 0. The molecule has 4 nitrogen and oxygen atoms in total. The molecule has 0 aliphatic rings. The molecule has 0 aromatic heterocycles. The molecule has 0 saturated carbocycles. The van der Waals surface area contributed by atoms with Gasteiger partial charge in [0.25, 0.3) is 0 Å². The highest BCUT2D eigenvalue weighted by Gasteiger charge is 2.36. The van der Waals surface area contributed by atoms with Crippen molar-refractivity contribution in [3.63, 3.8) is 0 Å². The Bertz CT molecular complexity index is 57.5. The fourth-order valence-corrected chi connectivity index (χ4v) is 1.33. The third-order valence-corrected chi connectivity index (χ3v) is 3.38. The van der Waals surface area contributed by atoms with Crippen molar-refractivity contribution in [2.45, 2.75) is 14.9 Å². The third-order valence-electron chi connectivity index (χ3n) is 1.13. The van der Waals surface area contributed by atoms with E-state index in [0.717, 1.165) is 0 Å². The Balaban J connectivity index is -0.000000320. The fraction of sp³-hybridized carbons (Fsp3) is 1.00. The van der Waals surface area contributed by atoms with Crippen LogP contribution < -0.4 is 0 Å². The van der Waals surface area contributed by atoms with Crippen LogP contribution in [0, 0.1) is 0 Å². The lowest BCUT2D eigenvalue weighted by Gasteiger charge is -2.21. The van der Waals surface area contributed by atoms with Crippen molar-refractivity contribution in [1.82, 2.24) is 0 Å². The second kappa shape index (κ2) is 8.16. The van der Waals surface area contributed by atoms with Crippen molar-refractivity contribution >= 4 is 8.80 Å². The first-order valence-electron chi connectivity index (χ1n) is 2.51. The molecule has 0 spiro atoms. The second-order valence-corrected chi connectivity index (χ2v) is 4.36. The quantitative estimate of drug-likeness (QED) is 0.652. The Labute approximate surface area is 70.5 Å². The fourth-order valence-electron chi connectivity index (χ4n) is 0.444. The van der Waals surface area contributed by atoms with Gasteiger partial charge in [0.05, 0.1) is 0 Å². The molecule has 0 aromatic carbocycles. The highest BCUT2D eigenvalue weighted by Crippen LogP contribution is 2.02. The molecule has 0 saturated heterocycles. The van der Waals surface area contributed by atoms with Gasteiger partial charge in [0.2, 0.25) is 0 Å². The molecule has 0 aliphatic heterocycles. The van der Waals surface area contributed by atoms with Crippen molar-refractivity contribution in [3.05, 3.63) is 0 Å².